The van der Waals surface area contributed by atoms with Gasteiger partial charge in [-0.1, -0.05) is 6.92 Å². The molecule has 0 heterocycles. The van der Waals surface area contributed by atoms with E-state index in [0.29, 0.717) is 12.8 Å². The summed E-state index contributed by atoms with van der Waals surface area (Å²) in [6.45, 7) is 1.16. The molecule has 1 N–H and O–H groups in total. The molecule has 0 amide bonds. The third-order valence-corrected chi connectivity index (χ3v) is 4.02. The minimum atomic E-state index is -5.10. The van der Waals surface area contributed by atoms with Crippen LogP contribution < -0.4 is 0 Å². The highest BCUT2D eigenvalue weighted by molar-refractivity contribution is 7.87. The van der Waals surface area contributed by atoms with Crippen LogP contribution in [0.2, 0.25) is 0 Å². The van der Waals surface area contributed by atoms with Crippen LogP contribution in [0.15, 0.2) is 0 Å². The van der Waals surface area contributed by atoms with Crippen LogP contribution >= 0.6 is 0 Å². The van der Waals surface area contributed by atoms with Gasteiger partial charge in [-0.15, -0.1) is 0 Å². The molecular formula is C9H15FO5S. The highest BCUT2D eigenvalue weighted by Crippen LogP contribution is 2.28. The molecule has 1 aliphatic carbocycles. The summed E-state index contributed by atoms with van der Waals surface area (Å²) in [6.07, 6.45) is 1.85. The van der Waals surface area contributed by atoms with Crippen molar-refractivity contribution < 1.29 is 26.9 Å². The zero-order valence-corrected chi connectivity index (χ0v) is 9.80. The fraction of sp³-hybridized carbons (Fsp3) is 0.889. The smallest absolute Gasteiger partial charge is 0.362 e. The van der Waals surface area contributed by atoms with Crippen LogP contribution in [0, 0.1) is 0 Å². The number of rotatable bonds is 4. The van der Waals surface area contributed by atoms with E-state index in [1.165, 1.54) is 0 Å². The van der Waals surface area contributed by atoms with Gasteiger partial charge in [0.15, 0.2) is 0 Å². The summed E-state index contributed by atoms with van der Waals surface area (Å²) in [5, 5.41) is -3.34. The number of ether oxygens (including phenoxy) is 1. The molecule has 5 nitrogen and oxygen atoms in total. The lowest BCUT2D eigenvalue weighted by Gasteiger charge is -2.21. The molecule has 0 radical (unpaired) electrons. The zero-order chi connectivity index (χ0) is 12.4. The molecule has 1 unspecified atom stereocenters. The molecule has 0 aromatic rings. The maximum Gasteiger partial charge on any atom is 0.362 e. The van der Waals surface area contributed by atoms with Crippen LogP contribution in [0.3, 0.4) is 0 Å². The number of esters is 1. The van der Waals surface area contributed by atoms with Gasteiger partial charge in [-0.3, -0.25) is 4.55 Å². The van der Waals surface area contributed by atoms with Crippen molar-refractivity contribution in [2.45, 2.75) is 50.1 Å². The fourth-order valence-electron chi connectivity index (χ4n) is 1.68. The van der Waals surface area contributed by atoms with Crippen molar-refractivity contribution in [3.63, 3.8) is 0 Å². The SMILES string of the molecule is CCC(F)(C(=O)OC1CCCC1)S(=O)(=O)O. The predicted octanol–water partition coefficient (Wildman–Crippen LogP) is 1.44. The first kappa shape index (κ1) is 13.4. The summed E-state index contributed by atoms with van der Waals surface area (Å²) in [5.74, 6) is -1.51. The van der Waals surface area contributed by atoms with Gasteiger partial charge in [-0.25, -0.2) is 9.18 Å². The van der Waals surface area contributed by atoms with E-state index in [0.717, 1.165) is 19.8 Å². The molecule has 0 bridgehead atoms. The number of carbonyl (C=O) groups is 1. The number of hydrogen-bond donors (Lipinski definition) is 1. The second kappa shape index (κ2) is 4.67. The topological polar surface area (TPSA) is 80.7 Å². The van der Waals surface area contributed by atoms with E-state index in [4.69, 9.17) is 9.29 Å². The van der Waals surface area contributed by atoms with Crippen LogP contribution in [0.4, 0.5) is 4.39 Å². The van der Waals surface area contributed by atoms with Crippen molar-refractivity contribution in [2.75, 3.05) is 0 Å². The van der Waals surface area contributed by atoms with Gasteiger partial charge in [0.25, 0.3) is 0 Å². The highest BCUT2D eigenvalue weighted by atomic mass is 32.2. The lowest BCUT2D eigenvalue weighted by molar-refractivity contribution is -0.157. The van der Waals surface area contributed by atoms with Gasteiger partial charge in [0, 0.05) is 6.42 Å². The summed E-state index contributed by atoms with van der Waals surface area (Å²) < 4.78 is 48.7. The average molecular weight is 254 g/mol. The van der Waals surface area contributed by atoms with E-state index in [1.807, 2.05) is 0 Å². The minimum absolute atomic E-state index is 0.434. The van der Waals surface area contributed by atoms with Gasteiger partial charge >= 0.3 is 21.1 Å². The van der Waals surface area contributed by atoms with Gasteiger partial charge in [0.2, 0.25) is 0 Å². The minimum Gasteiger partial charge on any atom is -0.459 e. The third kappa shape index (κ3) is 2.52. The highest BCUT2D eigenvalue weighted by Gasteiger charge is 2.52. The van der Waals surface area contributed by atoms with Gasteiger partial charge in [-0.2, -0.15) is 8.42 Å². The summed E-state index contributed by atoms with van der Waals surface area (Å²) in [4.78, 5) is 11.4. The van der Waals surface area contributed by atoms with Crippen molar-refractivity contribution in [1.82, 2.24) is 0 Å². The monoisotopic (exact) mass is 254 g/mol. The Morgan fingerprint density at radius 1 is 1.50 bits per heavy atom. The quantitative estimate of drug-likeness (QED) is 0.606. The standard InChI is InChI=1S/C9H15FO5S/c1-2-9(10,16(12,13)14)8(11)15-7-5-3-4-6-7/h7H,2-6H2,1H3,(H,12,13,14). The Morgan fingerprint density at radius 2 is 2.00 bits per heavy atom. The maximum atomic E-state index is 13.8. The Balaban J connectivity index is 2.77. The first-order valence-corrected chi connectivity index (χ1v) is 6.62. The molecular weight excluding hydrogens is 239 g/mol. The van der Waals surface area contributed by atoms with Crippen molar-refractivity contribution in [1.29, 1.82) is 0 Å². The molecule has 1 rings (SSSR count). The number of carbonyl (C=O) groups excluding carboxylic acids is 1. The van der Waals surface area contributed by atoms with Gasteiger partial charge in [0.05, 0.1) is 0 Å². The molecule has 0 spiro atoms. The van der Waals surface area contributed by atoms with E-state index in [9.17, 15) is 17.6 Å². The predicted molar refractivity (Wildman–Crippen MR) is 54.0 cm³/mol. The number of alkyl halides is 1. The van der Waals surface area contributed by atoms with Gasteiger partial charge < -0.3 is 4.74 Å². The van der Waals surface area contributed by atoms with Crippen molar-refractivity contribution in [3.05, 3.63) is 0 Å². The molecule has 1 aliphatic rings. The number of halogens is 1. The number of hydrogen-bond acceptors (Lipinski definition) is 4. The largest absolute Gasteiger partial charge is 0.459 e. The zero-order valence-electron chi connectivity index (χ0n) is 8.98. The van der Waals surface area contributed by atoms with E-state index in [2.05, 4.69) is 0 Å². The first-order chi connectivity index (χ1) is 7.31. The molecule has 16 heavy (non-hydrogen) atoms. The molecule has 0 aromatic heterocycles. The van der Waals surface area contributed by atoms with E-state index < -0.39 is 33.6 Å². The maximum absolute atomic E-state index is 13.8. The Kier molecular flexibility index (Phi) is 3.90. The molecule has 1 atom stereocenters. The summed E-state index contributed by atoms with van der Waals surface area (Å²) >= 11 is 0. The molecule has 7 heteroatoms. The van der Waals surface area contributed by atoms with E-state index >= 15 is 0 Å². The third-order valence-electron chi connectivity index (χ3n) is 2.74. The van der Waals surface area contributed by atoms with Crippen molar-refractivity contribution >= 4 is 16.1 Å². The molecule has 0 aliphatic heterocycles. The van der Waals surface area contributed by atoms with Crippen LogP contribution in [0.5, 0.6) is 0 Å². The molecule has 0 aromatic carbocycles. The van der Waals surface area contributed by atoms with Crippen LogP contribution in [-0.2, 0) is 19.6 Å². The normalized spacial score (nSPS) is 21.7. The average Bonchev–Trinajstić information content (AvgIpc) is 2.67. The van der Waals surface area contributed by atoms with Crippen LogP contribution in [0.25, 0.3) is 0 Å². The molecule has 1 saturated carbocycles. The Bertz CT molecular complexity index is 360. The molecule has 0 saturated heterocycles. The summed E-state index contributed by atoms with van der Waals surface area (Å²) in [5.41, 5.74) is 0. The second-order valence-electron chi connectivity index (χ2n) is 3.87. The second-order valence-corrected chi connectivity index (χ2v) is 5.47. The van der Waals surface area contributed by atoms with Crippen LogP contribution in [0.1, 0.15) is 39.0 Å². The van der Waals surface area contributed by atoms with Crippen molar-refractivity contribution in [3.8, 4) is 0 Å². The fourth-order valence-corrected chi connectivity index (χ4v) is 2.30. The first-order valence-electron chi connectivity index (χ1n) is 5.18. The molecule has 94 valence electrons. The van der Waals surface area contributed by atoms with E-state index in [1.54, 1.807) is 0 Å². The van der Waals surface area contributed by atoms with Crippen LogP contribution in [-0.4, -0.2) is 30.0 Å². The Morgan fingerprint density at radius 3 is 2.38 bits per heavy atom. The van der Waals surface area contributed by atoms with E-state index in [-0.39, 0.29) is 0 Å². The summed E-state index contributed by atoms with van der Waals surface area (Å²) in [6, 6.07) is 0. The Labute approximate surface area is 93.7 Å². The van der Waals surface area contributed by atoms with Crippen molar-refractivity contribution in [2.24, 2.45) is 0 Å². The Hall–Kier alpha value is -0.690. The summed E-state index contributed by atoms with van der Waals surface area (Å²) in [7, 11) is -5.10. The lowest BCUT2D eigenvalue weighted by atomic mass is 10.3. The van der Waals surface area contributed by atoms with Gasteiger partial charge in [0.1, 0.15) is 6.10 Å². The molecule has 1 fully saturated rings. The van der Waals surface area contributed by atoms with Gasteiger partial charge in [-0.05, 0) is 25.7 Å². The lowest BCUT2D eigenvalue weighted by Crippen LogP contribution is -2.43.